The predicted molar refractivity (Wildman–Crippen MR) is 94.2 cm³/mol. The van der Waals surface area contributed by atoms with Gasteiger partial charge in [-0.15, -0.1) is 0 Å². The maximum absolute atomic E-state index is 13.5. The standard InChI is InChI=1S/C21H11F4NO3/c22-13-4-5-16-14(9-13)15(20(27)28)10-17(26-16)19-7-6-18(29-19)11-2-1-3-12(8-11)21(23,24)25/h1-10H,(H,27,28)/p-1. The molecule has 4 nitrogen and oxygen atoms in total. The van der Waals surface area contributed by atoms with Crippen LogP contribution in [-0.2, 0) is 6.18 Å². The van der Waals surface area contributed by atoms with Crippen molar-refractivity contribution < 1.29 is 31.9 Å². The summed E-state index contributed by atoms with van der Waals surface area (Å²) in [5.74, 6) is -1.85. The third-order valence-electron chi connectivity index (χ3n) is 4.32. The van der Waals surface area contributed by atoms with Gasteiger partial charge in [0.05, 0.1) is 17.0 Å². The number of carbonyl (C=O) groups is 1. The van der Waals surface area contributed by atoms with E-state index in [1.54, 1.807) is 0 Å². The molecule has 0 unspecified atom stereocenters. The second-order valence-electron chi connectivity index (χ2n) is 6.25. The molecule has 0 aliphatic heterocycles. The Kier molecular flexibility index (Phi) is 4.34. The number of hydrogen-bond donors (Lipinski definition) is 0. The summed E-state index contributed by atoms with van der Waals surface area (Å²) < 4.78 is 57.9. The first-order chi connectivity index (χ1) is 13.7. The Bertz CT molecular complexity index is 1240. The summed E-state index contributed by atoms with van der Waals surface area (Å²) >= 11 is 0. The van der Waals surface area contributed by atoms with Crippen molar-refractivity contribution in [3.63, 3.8) is 0 Å². The van der Waals surface area contributed by atoms with Gasteiger partial charge < -0.3 is 14.3 Å². The van der Waals surface area contributed by atoms with Crippen LogP contribution in [0.1, 0.15) is 15.9 Å². The minimum Gasteiger partial charge on any atom is -0.545 e. The van der Waals surface area contributed by atoms with Crippen LogP contribution >= 0.6 is 0 Å². The lowest BCUT2D eigenvalue weighted by molar-refractivity contribution is -0.254. The van der Waals surface area contributed by atoms with E-state index >= 15 is 0 Å². The van der Waals surface area contributed by atoms with Gasteiger partial charge in [0.1, 0.15) is 17.3 Å². The molecule has 0 aliphatic carbocycles. The van der Waals surface area contributed by atoms with Crippen molar-refractivity contribution in [3.8, 4) is 22.8 Å². The Balaban J connectivity index is 1.80. The quantitative estimate of drug-likeness (QED) is 0.468. The molecule has 0 N–H and O–H groups in total. The van der Waals surface area contributed by atoms with Crippen LogP contribution in [0.25, 0.3) is 33.7 Å². The Morgan fingerprint density at radius 2 is 1.72 bits per heavy atom. The van der Waals surface area contributed by atoms with Gasteiger partial charge in [0, 0.05) is 16.5 Å². The number of alkyl halides is 3. The molecule has 2 aromatic carbocycles. The average Bonchev–Trinajstić information content (AvgIpc) is 3.17. The Hall–Kier alpha value is -3.68. The number of nitrogens with zero attached hydrogens (tertiary/aromatic N) is 1. The van der Waals surface area contributed by atoms with Crippen molar-refractivity contribution in [3.05, 3.63) is 77.6 Å². The second-order valence-corrected chi connectivity index (χ2v) is 6.25. The van der Waals surface area contributed by atoms with E-state index in [-0.39, 0.29) is 39.2 Å². The molecule has 0 saturated heterocycles. The first kappa shape index (κ1) is 18.7. The molecular formula is C21H10F4NO3-. The highest BCUT2D eigenvalue weighted by atomic mass is 19.4. The van der Waals surface area contributed by atoms with Crippen LogP contribution in [0.4, 0.5) is 17.6 Å². The summed E-state index contributed by atoms with van der Waals surface area (Å²) in [5, 5.41) is 11.5. The Labute approximate surface area is 161 Å². The Morgan fingerprint density at radius 1 is 0.966 bits per heavy atom. The third-order valence-corrected chi connectivity index (χ3v) is 4.32. The van der Waals surface area contributed by atoms with Gasteiger partial charge in [0.2, 0.25) is 0 Å². The van der Waals surface area contributed by atoms with Gasteiger partial charge in [-0.25, -0.2) is 9.37 Å². The number of carbonyl (C=O) groups excluding carboxylic acids is 1. The van der Waals surface area contributed by atoms with E-state index in [4.69, 9.17) is 4.42 Å². The molecule has 4 rings (SSSR count). The SMILES string of the molecule is O=C([O-])c1cc(-c2ccc(-c3cccc(C(F)(F)F)c3)o2)nc2ccc(F)cc12. The topological polar surface area (TPSA) is 66.2 Å². The summed E-state index contributed by atoms with van der Waals surface area (Å²) in [4.78, 5) is 15.7. The van der Waals surface area contributed by atoms with Gasteiger partial charge in [-0.3, -0.25) is 0 Å². The zero-order valence-corrected chi connectivity index (χ0v) is 14.5. The van der Waals surface area contributed by atoms with E-state index in [2.05, 4.69) is 4.98 Å². The van der Waals surface area contributed by atoms with Crippen LogP contribution in [0.5, 0.6) is 0 Å². The van der Waals surface area contributed by atoms with Crippen LogP contribution in [0.2, 0.25) is 0 Å². The molecule has 0 atom stereocenters. The van der Waals surface area contributed by atoms with Gasteiger partial charge in [-0.2, -0.15) is 13.2 Å². The van der Waals surface area contributed by atoms with Gasteiger partial charge in [-0.1, -0.05) is 12.1 Å². The summed E-state index contributed by atoms with van der Waals surface area (Å²) in [5.41, 5.74) is -0.560. The maximum atomic E-state index is 13.5. The van der Waals surface area contributed by atoms with Crippen molar-refractivity contribution in [2.45, 2.75) is 6.18 Å². The third kappa shape index (κ3) is 3.56. The number of aromatic nitrogens is 1. The van der Waals surface area contributed by atoms with Gasteiger partial charge >= 0.3 is 6.18 Å². The molecule has 0 saturated carbocycles. The first-order valence-corrected chi connectivity index (χ1v) is 8.32. The molecule has 0 amide bonds. The summed E-state index contributed by atoms with van der Waals surface area (Å²) in [6.07, 6.45) is -4.50. The lowest BCUT2D eigenvalue weighted by Crippen LogP contribution is -2.22. The fourth-order valence-corrected chi connectivity index (χ4v) is 2.97. The number of pyridine rings is 1. The van der Waals surface area contributed by atoms with Gasteiger partial charge in [0.25, 0.3) is 0 Å². The summed E-state index contributed by atoms with van der Waals surface area (Å²) in [6.45, 7) is 0. The molecule has 0 fully saturated rings. The minimum atomic E-state index is -4.50. The number of carboxylic acids is 1. The fourth-order valence-electron chi connectivity index (χ4n) is 2.97. The molecule has 0 radical (unpaired) electrons. The number of fused-ring (bicyclic) bond motifs is 1. The molecule has 2 heterocycles. The minimum absolute atomic E-state index is 0.0680. The highest BCUT2D eigenvalue weighted by Crippen LogP contribution is 2.34. The fraction of sp³-hybridized carbons (Fsp3) is 0.0476. The summed E-state index contributed by atoms with van der Waals surface area (Å²) in [7, 11) is 0. The zero-order chi connectivity index (χ0) is 20.8. The number of hydrogen-bond acceptors (Lipinski definition) is 4. The van der Waals surface area contributed by atoms with Crippen molar-refractivity contribution in [2.24, 2.45) is 0 Å². The van der Waals surface area contributed by atoms with Crippen LogP contribution < -0.4 is 5.11 Å². The molecule has 29 heavy (non-hydrogen) atoms. The lowest BCUT2D eigenvalue weighted by atomic mass is 10.1. The van der Waals surface area contributed by atoms with E-state index in [0.717, 1.165) is 24.3 Å². The van der Waals surface area contributed by atoms with Crippen LogP contribution in [-0.4, -0.2) is 11.0 Å². The number of rotatable bonds is 3. The van der Waals surface area contributed by atoms with Crippen molar-refractivity contribution in [2.75, 3.05) is 0 Å². The Morgan fingerprint density at radius 3 is 2.45 bits per heavy atom. The lowest BCUT2D eigenvalue weighted by Gasteiger charge is -2.09. The number of halogens is 4. The molecule has 0 bridgehead atoms. The normalized spacial score (nSPS) is 11.7. The molecule has 8 heteroatoms. The molecule has 2 aromatic heterocycles. The number of carboxylic acid groups (broad SMARTS) is 1. The molecule has 0 aliphatic rings. The van der Waals surface area contributed by atoms with E-state index in [1.165, 1.54) is 36.4 Å². The maximum Gasteiger partial charge on any atom is 0.416 e. The highest BCUT2D eigenvalue weighted by molar-refractivity contribution is 6.02. The summed E-state index contributed by atoms with van der Waals surface area (Å²) in [6, 6.07) is 12.2. The molecule has 0 spiro atoms. The predicted octanol–water partition coefficient (Wildman–Crippen LogP) is 4.68. The number of benzene rings is 2. The van der Waals surface area contributed by atoms with Crippen molar-refractivity contribution >= 4 is 16.9 Å². The van der Waals surface area contributed by atoms with E-state index < -0.39 is 23.5 Å². The largest absolute Gasteiger partial charge is 0.545 e. The monoisotopic (exact) mass is 400 g/mol. The second kappa shape index (κ2) is 6.73. The van der Waals surface area contributed by atoms with E-state index in [1.807, 2.05) is 0 Å². The molecule has 4 aromatic rings. The van der Waals surface area contributed by atoms with Gasteiger partial charge in [0.15, 0.2) is 5.76 Å². The average molecular weight is 400 g/mol. The number of aromatic carboxylic acids is 1. The smallest absolute Gasteiger partial charge is 0.416 e. The van der Waals surface area contributed by atoms with Crippen molar-refractivity contribution in [1.82, 2.24) is 4.98 Å². The van der Waals surface area contributed by atoms with E-state index in [0.29, 0.717) is 0 Å². The van der Waals surface area contributed by atoms with Crippen LogP contribution in [0.15, 0.2) is 65.1 Å². The molecular weight excluding hydrogens is 390 g/mol. The zero-order valence-electron chi connectivity index (χ0n) is 14.5. The number of furan rings is 1. The van der Waals surface area contributed by atoms with E-state index in [9.17, 15) is 27.5 Å². The van der Waals surface area contributed by atoms with Crippen molar-refractivity contribution in [1.29, 1.82) is 0 Å². The highest BCUT2D eigenvalue weighted by Gasteiger charge is 2.30. The van der Waals surface area contributed by atoms with Gasteiger partial charge in [-0.05, 0) is 48.5 Å². The first-order valence-electron chi connectivity index (χ1n) is 8.32. The van der Waals surface area contributed by atoms with Crippen LogP contribution in [0, 0.1) is 5.82 Å². The molecule has 146 valence electrons. The van der Waals surface area contributed by atoms with Crippen LogP contribution in [0.3, 0.4) is 0 Å².